The molecule has 0 radical (unpaired) electrons. The number of carbonyl (C=O) groups is 3. The van der Waals surface area contributed by atoms with E-state index in [0.717, 1.165) is 22.2 Å². The van der Waals surface area contributed by atoms with Crippen LogP contribution in [-0.4, -0.2) is 86.7 Å². The molecule has 284 valence electrons. The molecule has 7 heterocycles. The van der Waals surface area contributed by atoms with Crippen LogP contribution in [0.3, 0.4) is 0 Å². The molecule has 16 nitrogen and oxygen atoms in total. The second-order valence-corrected chi connectivity index (χ2v) is 13.8. The number of morpholine rings is 1. The average Bonchev–Trinajstić information content (AvgIpc) is 3.73. The zero-order chi connectivity index (χ0) is 39.1. The van der Waals surface area contributed by atoms with Gasteiger partial charge in [-0.05, 0) is 43.2 Å². The van der Waals surface area contributed by atoms with E-state index in [0.29, 0.717) is 77.9 Å². The van der Waals surface area contributed by atoms with Gasteiger partial charge in [0.25, 0.3) is 5.91 Å². The molecule has 0 spiro atoms. The number of aryl methyl sites for hydroxylation is 3. The Balaban J connectivity index is 0.937. The second kappa shape index (κ2) is 14.8. The van der Waals surface area contributed by atoms with E-state index in [2.05, 4.69) is 42.3 Å². The molecule has 8 rings (SSSR count). The molecule has 2 N–H and O–H groups in total. The van der Waals surface area contributed by atoms with Gasteiger partial charge in [0.05, 0.1) is 55.5 Å². The first-order chi connectivity index (χ1) is 27.1. The number of rotatable bonds is 7. The van der Waals surface area contributed by atoms with E-state index in [9.17, 15) is 19.2 Å². The molecule has 2 aliphatic rings. The number of benzene rings is 1. The highest BCUT2D eigenvalue weighted by atomic mass is 16.5. The number of piperidine rings is 1. The second-order valence-electron chi connectivity index (χ2n) is 13.8. The number of ether oxygens (including phenoxy) is 1. The van der Waals surface area contributed by atoms with Crippen LogP contribution in [0.4, 0.5) is 17.3 Å². The first-order valence-corrected chi connectivity index (χ1v) is 18.1. The van der Waals surface area contributed by atoms with Crippen molar-refractivity contribution in [2.45, 2.75) is 25.7 Å². The van der Waals surface area contributed by atoms with Gasteiger partial charge in [0.1, 0.15) is 22.6 Å². The average molecular weight is 755 g/mol. The molecule has 2 fully saturated rings. The Hall–Kier alpha value is -6.86. The summed E-state index contributed by atoms with van der Waals surface area (Å²) in [4.78, 5) is 72.6. The van der Waals surface area contributed by atoms with Crippen LogP contribution in [0.15, 0.2) is 64.4 Å². The van der Waals surface area contributed by atoms with Crippen LogP contribution in [0.25, 0.3) is 33.4 Å². The molecular formula is C40H38N10O6. The zero-order valence-corrected chi connectivity index (χ0v) is 31.3. The van der Waals surface area contributed by atoms with Gasteiger partial charge in [0.15, 0.2) is 11.6 Å². The lowest BCUT2D eigenvalue weighted by atomic mass is 9.90. The third kappa shape index (κ3) is 6.73. The van der Waals surface area contributed by atoms with E-state index < -0.39 is 5.92 Å². The summed E-state index contributed by atoms with van der Waals surface area (Å²) in [7, 11) is 5.38. The van der Waals surface area contributed by atoms with Gasteiger partial charge in [0, 0.05) is 75.0 Å². The maximum absolute atomic E-state index is 13.1. The molecule has 56 heavy (non-hydrogen) atoms. The normalized spacial score (nSPS) is 15.8. The Morgan fingerprint density at radius 1 is 1.04 bits per heavy atom. The summed E-state index contributed by atoms with van der Waals surface area (Å²) in [5.41, 5.74) is 5.66. The maximum atomic E-state index is 13.1. The molecule has 1 unspecified atom stereocenters. The Morgan fingerprint density at radius 3 is 2.57 bits per heavy atom. The number of fused-ring (bicyclic) bond motifs is 2. The maximum Gasteiger partial charge on any atom is 0.328 e. The number of anilines is 3. The highest BCUT2D eigenvalue weighted by Gasteiger charge is 2.30. The van der Waals surface area contributed by atoms with Crippen molar-refractivity contribution in [3.8, 4) is 23.2 Å². The summed E-state index contributed by atoms with van der Waals surface area (Å²) in [6, 6.07) is 9.13. The van der Waals surface area contributed by atoms with Gasteiger partial charge in [-0.3, -0.25) is 33.8 Å². The lowest BCUT2D eigenvalue weighted by Crippen LogP contribution is -2.39. The molecule has 1 atom stereocenters. The van der Waals surface area contributed by atoms with Crippen molar-refractivity contribution in [3.63, 3.8) is 0 Å². The molecule has 0 saturated carbocycles. The predicted molar refractivity (Wildman–Crippen MR) is 208 cm³/mol. The quantitative estimate of drug-likeness (QED) is 0.180. The minimum atomic E-state index is -0.473. The Morgan fingerprint density at radius 2 is 1.82 bits per heavy atom. The van der Waals surface area contributed by atoms with Gasteiger partial charge in [0.2, 0.25) is 11.8 Å². The Kier molecular flexibility index (Phi) is 9.52. The molecule has 2 saturated heterocycles. The summed E-state index contributed by atoms with van der Waals surface area (Å²) in [6.45, 7) is 4.37. The topological polar surface area (TPSA) is 183 Å². The summed E-state index contributed by atoms with van der Waals surface area (Å²) >= 11 is 0. The summed E-state index contributed by atoms with van der Waals surface area (Å²) in [6.07, 6.45) is 7.20. The fourth-order valence-corrected chi connectivity index (χ4v) is 7.12. The predicted octanol–water partition coefficient (Wildman–Crippen LogP) is 3.08. The van der Waals surface area contributed by atoms with Gasteiger partial charge in [-0.1, -0.05) is 11.8 Å². The molecule has 16 heteroatoms. The molecule has 3 amide bonds. The lowest BCUT2D eigenvalue weighted by molar-refractivity contribution is -0.134. The van der Waals surface area contributed by atoms with Crippen molar-refractivity contribution in [2.24, 2.45) is 14.1 Å². The van der Waals surface area contributed by atoms with Crippen LogP contribution < -0.4 is 26.1 Å². The first kappa shape index (κ1) is 36.1. The van der Waals surface area contributed by atoms with E-state index >= 15 is 0 Å². The van der Waals surface area contributed by atoms with Crippen LogP contribution in [0.5, 0.6) is 0 Å². The number of hydrogen-bond acceptors (Lipinski definition) is 12. The smallest absolute Gasteiger partial charge is 0.328 e. The number of nitrogens with zero attached hydrogens (tertiary/aromatic N) is 8. The lowest BCUT2D eigenvalue weighted by Gasteiger charge is -2.29. The summed E-state index contributed by atoms with van der Waals surface area (Å²) < 4.78 is 14.5. The number of pyridine rings is 2. The Labute approximate surface area is 320 Å². The largest absolute Gasteiger partial charge is 0.464 e. The van der Waals surface area contributed by atoms with Gasteiger partial charge in [-0.15, -0.1) is 0 Å². The molecule has 0 bridgehead atoms. The van der Waals surface area contributed by atoms with Crippen molar-refractivity contribution < 1.29 is 23.5 Å². The third-order valence-corrected chi connectivity index (χ3v) is 10.2. The van der Waals surface area contributed by atoms with Gasteiger partial charge < -0.3 is 24.3 Å². The van der Waals surface area contributed by atoms with Crippen LogP contribution in [0.1, 0.15) is 45.9 Å². The number of nitrogens with one attached hydrogen (secondary N) is 2. The van der Waals surface area contributed by atoms with Crippen LogP contribution in [0.2, 0.25) is 0 Å². The standard InChI is InChI=1S/C40H38N10O6/c1-23-16-25(19-42-34(23)39(53)41-11-5-6-24-7-9-31-28(17-24)29(22-56-31)27-8-10-33(51)46-38(27)52)36-43-20-26(21-44-36)47(2)32-18-30-35(49(4)40(54)48(30)3)37(45-32)50-12-14-55-15-13-50/h7,9,16-22,27H,8,10-15H2,1-4H3,(H,41,53)(H,46,51,52). The highest BCUT2D eigenvalue weighted by molar-refractivity contribution is 6.03. The monoisotopic (exact) mass is 754 g/mol. The van der Waals surface area contributed by atoms with Crippen molar-refractivity contribution in [2.75, 3.05) is 49.7 Å². The van der Waals surface area contributed by atoms with Crippen LogP contribution >= 0.6 is 0 Å². The van der Waals surface area contributed by atoms with E-state index in [1.165, 1.54) is 0 Å². The number of imidazole rings is 1. The van der Waals surface area contributed by atoms with E-state index in [-0.39, 0.29) is 42.1 Å². The minimum Gasteiger partial charge on any atom is -0.464 e. The minimum absolute atomic E-state index is 0.0829. The highest BCUT2D eigenvalue weighted by Crippen LogP contribution is 2.34. The number of hydrogen-bond donors (Lipinski definition) is 2. The number of amides is 3. The molecule has 2 aliphatic heterocycles. The molecule has 0 aliphatic carbocycles. The number of furan rings is 1. The van der Waals surface area contributed by atoms with Crippen molar-refractivity contribution >= 4 is 57.0 Å². The van der Waals surface area contributed by atoms with E-state index in [4.69, 9.17) is 14.1 Å². The summed E-state index contributed by atoms with van der Waals surface area (Å²) in [5.74, 6) is 6.37. The fraction of sp³-hybridized carbons (Fsp3) is 0.300. The van der Waals surface area contributed by atoms with E-state index in [1.807, 2.05) is 30.1 Å². The molecular weight excluding hydrogens is 717 g/mol. The van der Waals surface area contributed by atoms with Gasteiger partial charge >= 0.3 is 5.69 Å². The molecule has 1 aromatic carbocycles. The van der Waals surface area contributed by atoms with Gasteiger partial charge in [-0.25, -0.2) is 19.7 Å². The van der Waals surface area contributed by atoms with Crippen molar-refractivity contribution in [1.29, 1.82) is 0 Å². The van der Waals surface area contributed by atoms with Crippen LogP contribution in [-0.2, 0) is 28.4 Å². The van der Waals surface area contributed by atoms with Crippen molar-refractivity contribution in [3.05, 3.63) is 88.1 Å². The van der Waals surface area contributed by atoms with Crippen molar-refractivity contribution in [1.82, 2.24) is 39.7 Å². The summed E-state index contributed by atoms with van der Waals surface area (Å²) in [5, 5.41) is 5.95. The van der Waals surface area contributed by atoms with E-state index in [1.54, 1.807) is 67.1 Å². The first-order valence-electron chi connectivity index (χ1n) is 18.1. The fourth-order valence-electron chi connectivity index (χ4n) is 7.12. The molecule has 5 aromatic heterocycles. The Bertz CT molecular complexity index is 2660. The number of imide groups is 1. The number of aromatic nitrogens is 6. The third-order valence-electron chi connectivity index (χ3n) is 10.2. The van der Waals surface area contributed by atoms with Crippen LogP contribution in [0, 0.1) is 18.8 Å². The molecule has 6 aromatic rings. The SMILES string of the molecule is Cc1cc(-c2ncc(N(C)c3cc4c(c(N5CCOCC5)n3)n(C)c(=O)n4C)cn2)cnc1C(=O)NCC#Cc1ccc2occ(C3CCC(=O)NC3=O)c2c1. The van der Waals surface area contributed by atoms with Gasteiger partial charge in [-0.2, -0.15) is 0 Å². The number of carbonyl (C=O) groups excluding carboxylic acids is 3. The zero-order valence-electron chi connectivity index (χ0n) is 31.3.